The summed E-state index contributed by atoms with van der Waals surface area (Å²) in [6.07, 6.45) is 4.41. The minimum atomic E-state index is -0.575. The number of rotatable bonds is 8. The fraction of sp³-hybridized carbons (Fsp3) is 0.312. The molecule has 2 aliphatic heterocycles. The summed E-state index contributed by atoms with van der Waals surface area (Å²) in [7, 11) is 4.31. The summed E-state index contributed by atoms with van der Waals surface area (Å²) in [6, 6.07) is 9.80. The maximum absolute atomic E-state index is 13.3. The highest BCUT2D eigenvalue weighted by Crippen LogP contribution is 2.37. The number of carbonyl (C=O) groups excluding carboxylic acids is 3. The molecule has 0 aliphatic carbocycles. The van der Waals surface area contributed by atoms with Crippen molar-refractivity contribution in [1.82, 2.24) is 28.5 Å². The van der Waals surface area contributed by atoms with Gasteiger partial charge in [0.1, 0.15) is 6.54 Å². The maximum Gasteiger partial charge on any atom is 0.332 e. The van der Waals surface area contributed by atoms with Crippen molar-refractivity contribution in [1.29, 1.82) is 0 Å². The molecule has 16 heteroatoms. The first-order chi connectivity index (χ1) is 23.0. The van der Waals surface area contributed by atoms with E-state index in [1.807, 2.05) is 0 Å². The van der Waals surface area contributed by atoms with Crippen molar-refractivity contribution in [3.63, 3.8) is 0 Å². The van der Waals surface area contributed by atoms with Crippen LogP contribution in [0.3, 0.4) is 0 Å². The molecule has 6 rings (SSSR count). The summed E-state index contributed by atoms with van der Waals surface area (Å²) in [5, 5.41) is 0.289. The number of aryl methyl sites for hydroxylation is 1. The highest BCUT2D eigenvalue weighted by atomic mass is 35.5. The molecular weight excluding hydrogens is 683 g/mol. The van der Waals surface area contributed by atoms with Gasteiger partial charge in [0, 0.05) is 37.2 Å². The van der Waals surface area contributed by atoms with E-state index in [1.54, 1.807) is 47.4 Å². The van der Waals surface area contributed by atoms with Gasteiger partial charge in [0.25, 0.3) is 16.7 Å². The number of imidazole rings is 1. The molecule has 3 amide bonds. The molecule has 4 heterocycles. The van der Waals surface area contributed by atoms with Crippen LogP contribution in [0.2, 0.25) is 10.0 Å². The predicted molar refractivity (Wildman–Crippen MR) is 182 cm³/mol. The van der Waals surface area contributed by atoms with Crippen molar-refractivity contribution in [3.05, 3.63) is 83.3 Å². The van der Waals surface area contributed by atoms with Crippen molar-refractivity contribution in [2.45, 2.75) is 25.8 Å². The Kier molecular flexibility index (Phi) is 9.41. The van der Waals surface area contributed by atoms with Gasteiger partial charge in [0.15, 0.2) is 22.7 Å². The second-order valence-corrected chi connectivity index (χ2v) is 13.2. The number of piperidine rings is 1. The van der Waals surface area contributed by atoms with Crippen LogP contribution in [0.25, 0.3) is 17.2 Å². The van der Waals surface area contributed by atoms with E-state index >= 15 is 0 Å². The SMILES string of the molecule is COc1cc(/C=C2\SC(=O)N(CC(=O)N3CCCCC3)C2=O)ccc1Oc1nc2c(c(=O)n(C)c(=O)n2C)n1Cc1ccc(Cl)cc1Cl. The number of likely N-dealkylation sites (tertiary alicyclic amines) is 1. The van der Waals surface area contributed by atoms with Gasteiger partial charge in [0.05, 0.1) is 18.6 Å². The molecule has 2 aromatic carbocycles. The predicted octanol–water partition coefficient (Wildman–Crippen LogP) is 4.64. The number of halogens is 2. The first-order valence-electron chi connectivity index (χ1n) is 15.0. The second kappa shape index (κ2) is 13.5. The minimum absolute atomic E-state index is 0.0140. The minimum Gasteiger partial charge on any atom is -0.493 e. The molecule has 13 nitrogen and oxygen atoms in total. The molecule has 2 fully saturated rings. The third-order valence-electron chi connectivity index (χ3n) is 8.22. The summed E-state index contributed by atoms with van der Waals surface area (Å²) in [5.41, 5.74) is 0.239. The second-order valence-electron chi connectivity index (χ2n) is 11.3. The number of benzene rings is 2. The Hall–Kier alpha value is -4.53. The molecule has 0 radical (unpaired) electrons. The smallest absolute Gasteiger partial charge is 0.332 e. The van der Waals surface area contributed by atoms with E-state index in [0.29, 0.717) is 34.3 Å². The number of carbonyl (C=O) groups is 3. The number of amides is 3. The lowest BCUT2D eigenvalue weighted by molar-refractivity contribution is -0.136. The monoisotopic (exact) mass is 712 g/mol. The molecule has 0 spiro atoms. The zero-order valence-electron chi connectivity index (χ0n) is 26.2. The first-order valence-corrected chi connectivity index (χ1v) is 16.5. The summed E-state index contributed by atoms with van der Waals surface area (Å²) < 4.78 is 15.6. The van der Waals surface area contributed by atoms with Gasteiger partial charge in [-0.25, -0.2) is 4.79 Å². The van der Waals surface area contributed by atoms with Crippen LogP contribution >= 0.6 is 35.0 Å². The number of ether oxygens (including phenoxy) is 2. The number of hydrogen-bond acceptors (Lipinski definition) is 9. The Balaban J connectivity index is 1.31. The van der Waals surface area contributed by atoms with Crippen LogP contribution < -0.4 is 20.7 Å². The number of nitrogens with zero attached hydrogens (tertiary/aromatic N) is 6. The summed E-state index contributed by atoms with van der Waals surface area (Å²) >= 11 is 13.3. The highest BCUT2D eigenvalue weighted by molar-refractivity contribution is 8.18. The van der Waals surface area contributed by atoms with Crippen molar-refractivity contribution >= 4 is 69.3 Å². The van der Waals surface area contributed by atoms with Crippen molar-refractivity contribution in [2.24, 2.45) is 14.1 Å². The summed E-state index contributed by atoms with van der Waals surface area (Å²) in [5.74, 6) is -0.316. The van der Waals surface area contributed by atoms with E-state index in [2.05, 4.69) is 4.98 Å². The quantitative estimate of drug-likeness (QED) is 0.239. The number of fused-ring (bicyclic) bond motifs is 1. The molecule has 0 atom stereocenters. The maximum atomic E-state index is 13.3. The molecule has 2 aromatic heterocycles. The van der Waals surface area contributed by atoms with Crippen LogP contribution in [-0.2, 0) is 30.2 Å². The molecule has 250 valence electrons. The fourth-order valence-corrected chi connectivity index (χ4v) is 6.90. The van der Waals surface area contributed by atoms with E-state index in [9.17, 15) is 24.0 Å². The topological polar surface area (TPSA) is 138 Å². The zero-order chi connectivity index (χ0) is 34.3. The number of hydrogen-bond donors (Lipinski definition) is 0. The number of methoxy groups -OCH3 is 1. The van der Waals surface area contributed by atoms with Crippen LogP contribution in [0, 0.1) is 0 Å². The van der Waals surface area contributed by atoms with Gasteiger partial charge in [-0.15, -0.1) is 0 Å². The van der Waals surface area contributed by atoms with Gasteiger partial charge < -0.3 is 14.4 Å². The average molecular weight is 714 g/mol. The lowest BCUT2D eigenvalue weighted by Gasteiger charge is -2.27. The van der Waals surface area contributed by atoms with Gasteiger partial charge in [-0.2, -0.15) is 4.98 Å². The van der Waals surface area contributed by atoms with Crippen LogP contribution in [0.1, 0.15) is 30.4 Å². The molecule has 2 aliphatic rings. The third-order valence-corrected chi connectivity index (χ3v) is 9.71. The number of imide groups is 1. The van der Waals surface area contributed by atoms with Gasteiger partial charge >= 0.3 is 11.7 Å². The van der Waals surface area contributed by atoms with Crippen LogP contribution in [0.5, 0.6) is 17.5 Å². The molecule has 4 aromatic rings. The van der Waals surface area contributed by atoms with E-state index in [0.717, 1.165) is 40.5 Å². The lowest BCUT2D eigenvalue weighted by Crippen LogP contribution is -2.44. The molecule has 2 saturated heterocycles. The number of thioether (sulfide) groups is 1. The lowest BCUT2D eigenvalue weighted by atomic mass is 10.1. The Morgan fingerprint density at radius 2 is 1.73 bits per heavy atom. The summed E-state index contributed by atoms with van der Waals surface area (Å²) in [4.78, 5) is 71.9. The third kappa shape index (κ3) is 6.34. The summed E-state index contributed by atoms with van der Waals surface area (Å²) in [6.45, 7) is 1.01. The van der Waals surface area contributed by atoms with E-state index in [1.165, 1.54) is 30.3 Å². The van der Waals surface area contributed by atoms with Gasteiger partial charge in [0.2, 0.25) is 5.91 Å². The molecule has 0 unspecified atom stereocenters. The Bertz CT molecular complexity index is 2130. The highest BCUT2D eigenvalue weighted by Gasteiger charge is 2.37. The molecule has 48 heavy (non-hydrogen) atoms. The number of aromatic nitrogens is 4. The van der Waals surface area contributed by atoms with Gasteiger partial charge in [-0.1, -0.05) is 35.3 Å². The fourth-order valence-electron chi connectivity index (χ4n) is 5.59. The normalized spacial score (nSPS) is 16.0. The first kappa shape index (κ1) is 33.4. The average Bonchev–Trinajstić information content (AvgIpc) is 3.56. The zero-order valence-corrected chi connectivity index (χ0v) is 28.5. The van der Waals surface area contributed by atoms with Crippen LogP contribution in [0.4, 0.5) is 4.79 Å². The Morgan fingerprint density at radius 3 is 2.44 bits per heavy atom. The van der Waals surface area contributed by atoms with Crippen LogP contribution in [0.15, 0.2) is 50.9 Å². The van der Waals surface area contributed by atoms with E-state index in [4.69, 9.17) is 32.7 Å². The Labute approximate surface area is 288 Å². The van der Waals surface area contributed by atoms with Crippen molar-refractivity contribution < 1.29 is 23.9 Å². The molecular formula is C32H30Cl2N6O7S. The largest absolute Gasteiger partial charge is 0.493 e. The standard InChI is InChI=1S/C32H30Cl2N6O7S/c1-36-27-26(29(43)37(2)31(36)44)39(16-19-8-9-20(33)15-21(19)34)30(35-27)47-22-10-7-18(13-23(22)46-3)14-24-28(42)40(32(45)48-24)17-25(41)38-11-5-4-6-12-38/h7-10,13-15H,4-6,11-12,16-17H2,1-3H3/b24-14-. The molecule has 0 bridgehead atoms. The molecule has 0 saturated carbocycles. The molecule has 0 N–H and O–H groups in total. The van der Waals surface area contributed by atoms with Gasteiger partial charge in [-0.3, -0.25) is 37.8 Å². The van der Waals surface area contributed by atoms with Crippen molar-refractivity contribution in [3.8, 4) is 17.5 Å². The van der Waals surface area contributed by atoms with Crippen molar-refractivity contribution in [2.75, 3.05) is 26.7 Å². The van der Waals surface area contributed by atoms with E-state index in [-0.39, 0.29) is 52.6 Å². The van der Waals surface area contributed by atoms with Crippen LogP contribution in [-0.4, -0.2) is 72.3 Å². The Morgan fingerprint density at radius 1 is 0.979 bits per heavy atom. The van der Waals surface area contributed by atoms with Gasteiger partial charge in [-0.05, 0) is 72.5 Å². The van der Waals surface area contributed by atoms with E-state index < -0.39 is 22.4 Å².